The molecule has 31 heavy (non-hydrogen) atoms. The molecule has 5 nitrogen and oxygen atoms in total. The summed E-state index contributed by atoms with van der Waals surface area (Å²) in [5.74, 6) is -0.355. The van der Waals surface area contributed by atoms with Crippen molar-refractivity contribution >= 4 is 40.6 Å². The van der Waals surface area contributed by atoms with Gasteiger partial charge < -0.3 is 9.80 Å². The summed E-state index contributed by atoms with van der Waals surface area (Å²) in [6.45, 7) is 0.636. The highest BCUT2D eigenvalue weighted by atomic mass is 32.2. The zero-order valence-corrected chi connectivity index (χ0v) is 17.9. The number of carbonyl (C=O) groups excluding carboxylic acids is 2. The molecule has 2 amide bonds. The van der Waals surface area contributed by atoms with Crippen molar-refractivity contribution in [1.82, 2.24) is 4.90 Å². The summed E-state index contributed by atoms with van der Waals surface area (Å²) < 4.78 is 14.3. The predicted molar refractivity (Wildman–Crippen MR) is 118 cm³/mol. The Morgan fingerprint density at radius 1 is 1.19 bits per heavy atom. The monoisotopic (exact) mass is 449 g/mol. The summed E-state index contributed by atoms with van der Waals surface area (Å²) in [4.78, 5) is 29.6. The summed E-state index contributed by atoms with van der Waals surface area (Å²) >= 11 is 2.69. The third-order valence-corrected chi connectivity index (χ3v) is 7.81. The van der Waals surface area contributed by atoms with E-state index < -0.39 is 10.7 Å². The SMILES string of the molecule is N#Cc1cccc(CN2C(=O)C3(SCCN3C(=O)c3cccs3)c3cc(F)ccc32)c1. The van der Waals surface area contributed by atoms with Gasteiger partial charge in [0.05, 0.1) is 28.7 Å². The lowest BCUT2D eigenvalue weighted by Crippen LogP contribution is -2.50. The van der Waals surface area contributed by atoms with E-state index in [-0.39, 0.29) is 18.4 Å². The van der Waals surface area contributed by atoms with Crippen molar-refractivity contribution < 1.29 is 14.0 Å². The number of hydrogen-bond donors (Lipinski definition) is 0. The molecule has 0 bridgehead atoms. The van der Waals surface area contributed by atoms with Crippen molar-refractivity contribution in [3.63, 3.8) is 0 Å². The molecule has 8 heteroatoms. The van der Waals surface area contributed by atoms with Gasteiger partial charge in [0.2, 0.25) is 0 Å². The standard InChI is InChI=1S/C23H16FN3O2S2/c24-17-6-7-19-18(12-17)23(27(8-10-31-23)21(28)20-5-2-9-30-20)22(29)26(19)14-16-4-1-3-15(11-16)13-25/h1-7,9,11-12H,8,10,14H2. The molecule has 3 aromatic rings. The van der Waals surface area contributed by atoms with E-state index in [1.807, 2.05) is 11.4 Å². The molecule has 1 aromatic heterocycles. The molecule has 0 aliphatic carbocycles. The minimum absolute atomic E-state index is 0.225. The van der Waals surface area contributed by atoms with Gasteiger partial charge in [-0.3, -0.25) is 9.59 Å². The first kappa shape index (κ1) is 19.8. The van der Waals surface area contributed by atoms with Crippen molar-refractivity contribution in [2.75, 3.05) is 17.2 Å². The zero-order valence-electron chi connectivity index (χ0n) is 16.2. The lowest BCUT2D eigenvalue weighted by molar-refractivity contribution is -0.123. The normalized spacial score (nSPS) is 19.7. The second-order valence-electron chi connectivity index (χ2n) is 7.29. The topological polar surface area (TPSA) is 64.4 Å². The van der Waals surface area contributed by atoms with E-state index in [1.54, 1.807) is 46.2 Å². The Kier molecular flexibility index (Phi) is 4.80. The molecule has 2 aromatic carbocycles. The first-order chi connectivity index (χ1) is 15.0. The maximum atomic E-state index is 14.3. The van der Waals surface area contributed by atoms with Gasteiger partial charge in [0, 0.05) is 17.9 Å². The van der Waals surface area contributed by atoms with Crippen LogP contribution in [0.2, 0.25) is 0 Å². The van der Waals surface area contributed by atoms with Crippen molar-refractivity contribution in [3.8, 4) is 6.07 Å². The fourth-order valence-electron chi connectivity index (χ4n) is 4.20. The third kappa shape index (κ3) is 3.04. The predicted octanol–water partition coefficient (Wildman–Crippen LogP) is 4.35. The van der Waals surface area contributed by atoms with E-state index in [0.29, 0.717) is 34.0 Å². The summed E-state index contributed by atoms with van der Waals surface area (Å²) in [5, 5.41) is 11.0. The van der Waals surface area contributed by atoms with Crippen molar-refractivity contribution in [3.05, 3.63) is 87.4 Å². The first-order valence-corrected chi connectivity index (χ1v) is 11.5. The number of thioether (sulfide) groups is 1. The maximum Gasteiger partial charge on any atom is 0.268 e. The van der Waals surface area contributed by atoms with E-state index in [0.717, 1.165) is 5.56 Å². The number of amides is 2. The summed E-state index contributed by atoms with van der Waals surface area (Å²) in [6.07, 6.45) is 0. The van der Waals surface area contributed by atoms with Gasteiger partial charge in [-0.15, -0.1) is 23.1 Å². The number of benzene rings is 2. The highest BCUT2D eigenvalue weighted by molar-refractivity contribution is 8.01. The third-order valence-electron chi connectivity index (χ3n) is 5.53. The van der Waals surface area contributed by atoms with Gasteiger partial charge in [-0.05, 0) is 47.3 Å². The van der Waals surface area contributed by atoms with Crippen LogP contribution in [0, 0.1) is 17.1 Å². The Balaban J connectivity index is 1.60. The van der Waals surface area contributed by atoms with Crippen molar-refractivity contribution in [1.29, 1.82) is 5.26 Å². The van der Waals surface area contributed by atoms with Crippen molar-refractivity contribution in [2.45, 2.75) is 11.4 Å². The second-order valence-corrected chi connectivity index (χ2v) is 9.53. The minimum atomic E-state index is -1.29. The average Bonchev–Trinajstić information content (AvgIpc) is 3.51. The number of thiophene rings is 1. The van der Waals surface area contributed by atoms with Crippen LogP contribution < -0.4 is 4.90 Å². The number of nitrogens with zero attached hydrogens (tertiary/aromatic N) is 3. The average molecular weight is 450 g/mol. The van der Waals surface area contributed by atoms with Crippen LogP contribution in [0.1, 0.15) is 26.4 Å². The van der Waals surface area contributed by atoms with Crippen LogP contribution in [-0.2, 0) is 16.2 Å². The largest absolute Gasteiger partial charge is 0.310 e. The smallest absolute Gasteiger partial charge is 0.268 e. The van der Waals surface area contributed by atoms with Gasteiger partial charge in [0.15, 0.2) is 4.87 Å². The molecule has 2 aliphatic heterocycles. The number of nitriles is 1. The van der Waals surface area contributed by atoms with Crippen molar-refractivity contribution in [2.24, 2.45) is 0 Å². The van der Waals surface area contributed by atoms with E-state index in [2.05, 4.69) is 6.07 Å². The summed E-state index contributed by atoms with van der Waals surface area (Å²) in [6, 6.07) is 17.0. The molecule has 1 unspecified atom stereocenters. The maximum absolute atomic E-state index is 14.3. The van der Waals surface area contributed by atoms with Crippen LogP contribution in [0.15, 0.2) is 60.0 Å². The molecule has 0 radical (unpaired) electrons. The molecule has 1 spiro atoms. The van der Waals surface area contributed by atoms with Crippen LogP contribution in [-0.4, -0.2) is 29.0 Å². The fourth-order valence-corrected chi connectivity index (χ4v) is 6.32. The van der Waals surface area contributed by atoms with Gasteiger partial charge in [0.25, 0.3) is 11.8 Å². The van der Waals surface area contributed by atoms with Crippen LogP contribution in [0.25, 0.3) is 0 Å². The summed E-state index contributed by atoms with van der Waals surface area (Å²) in [5.41, 5.74) is 2.38. The Morgan fingerprint density at radius 3 is 2.84 bits per heavy atom. The van der Waals surface area contributed by atoms with Crippen LogP contribution in [0.3, 0.4) is 0 Å². The van der Waals surface area contributed by atoms with Gasteiger partial charge in [-0.1, -0.05) is 18.2 Å². The molecule has 2 aliphatic rings. The molecule has 1 atom stereocenters. The van der Waals surface area contributed by atoms with Gasteiger partial charge in [0.1, 0.15) is 5.82 Å². The minimum Gasteiger partial charge on any atom is -0.310 e. The molecular weight excluding hydrogens is 433 g/mol. The second kappa shape index (κ2) is 7.52. The number of anilines is 1. The molecule has 154 valence electrons. The quantitative estimate of drug-likeness (QED) is 0.597. The molecule has 3 heterocycles. The number of fused-ring (bicyclic) bond motifs is 2. The van der Waals surface area contributed by atoms with Crippen LogP contribution in [0.5, 0.6) is 0 Å². The Hall–Kier alpha value is -3.15. The zero-order chi connectivity index (χ0) is 21.6. The molecule has 0 saturated carbocycles. The number of hydrogen-bond acceptors (Lipinski definition) is 5. The molecule has 0 N–H and O–H groups in total. The van der Waals surface area contributed by atoms with E-state index >= 15 is 0 Å². The highest BCUT2D eigenvalue weighted by Gasteiger charge is 2.59. The van der Waals surface area contributed by atoms with Gasteiger partial charge in [-0.25, -0.2) is 4.39 Å². The van der Waals surface area contributed by atoms with Gasteiger partial charge >= 0.3 is 0 Å². The number of carbonyl (C=O) groups is 2. The first-order valence-electron chi connectivity index (χ1n) is 9.65. The van der Waals surface area contributed by atoms with Gasteiger partial charge in [-0.2, -0.15) is 5.26 Å². The number of rotatable bonds is 3. The molecule has 5 rings (SSSR count). The highest BCUT2D eigenvalue weighted by Crippen LogP contribution is 2.55. The molecular formula is C23H16FN3O2S2. The lowest BCUT2D eigenvalue weighted by atomic mass is 10.1. The van der Waals surface area contributed by atoms with E-state index in [1.165, 1.54) is 35.2 Å². The Morgan fingerprint density at radius 2 is 2.06 bits per heavy atom. The van der Waals surface area contributed by atoms with Crippen LogP contribution in [0.4, 0.5) is 10.1 Å². The Labute approximate surface area is 186 Å². The van der Waals surface area contributed by atoms with E-state index in [4.69, 9.17) is 0 Å². The van der Waals surface area contributed by atoms with Crippen LogP contribution >= 0.6 is 23.1 Å². The fraction of sp³-hybridized carbons (Fsp3) is 0.174. The Bertz CT molecular complexity index is 1240. The summed E-state index contributed by atoms with van der Waals surface area (Å²) in [7, 11) is 0. The molecule has 1 saturated heterocycles. The molecule has 1 fully saturated rings. The number of halogens is 1. The van der Waals surface area contributed by atoms with E-state index in [9.17, 15) is 19.2 Å². The lowest BCUT2D eigenvalue weighted by Gasteiger charge is -2.33.